The van der Waals surface area contributed by atoms with E-state index in [-0.39, 0.29) is 10.6 Å². The molecule has 0 spiro atoms. The average molecular weight is 267 g/mol. The minimum absolute atomic E-state index is 0.0437. The Bertz CT molecular complexity index is 512. The van der Waals surface area contributed by atoms with Crippen LogP contribution in [0.15, 0.2) is 55.3 Å². The number of hydrogen-bond donors (Lipinski definition) is 2. The van der Waals surface area contributed by atoms with Crippen LogP contribution >= 0.6 is 11.6 Å². The van der Waals surface area contributed by atoms with Gasteiger partial charge in [0, 0.05) is 0 Å². The molecule has 0 unspecified atom stereocenters. The molecule has 0 radical (unpaired) electrons. The molecule has 3 nitrogen and oxygen atoms in total. The van der Waals surface area contributed by atoms with E-state index >= 15 is 0 Å². The zero-order valence-corrected chi connectivity index (χ0v) is 10.3. The molecule has 5 heteroatoms. The van der Waals surface area contributed by atoms with Crippen molar-refractivity contribution in [3.8, 4) is 0 Å². The summed E-state index contributed by atoms with van der Waals surface area (Å²) in [5.74, 6) is -0.973. The third kappa shape index (κ3) is 3.75. The quantitative estimate of drug-likeness (QED) is 0.635. The maximum absolute atomic E-state index is 12.8. The van der Waals surface area contributed by atoms with Gasteiger partial charge in [-0.2, -0.15) is 0 Å². The number of allylic oxidation sites excluding steroid dienone is 3. The van der Waals surface area contributed by atoms with Gasteiger partial charge in [0.2, 0.25) is 0 Å². The van der Waals surface area contributed by atoms with Crippen LogP contribution in [0.5, 0.6) is 0 Å². The monoisotopic (exact) mass is 266 g/mol. The molecule has 1 aromatic rings. The summed E-state index contributed by atoms with van der Waals surface area (Å²) in [7, 11) is 0. The molecule has 1 aromatic carbocycles. The largest absolute Gasteiger partial charge is 0.298 e. The summed E-state index contributed by atoms with van der Waals surface area (Å²) in [6.45, 7) is 7.07. The van der Waals surface area contributed by atoms with Gasteiger partial charge in [-0.15, -0.1) is 0 Å². The van der Waals surface area contributed by atoms with E-state index in [1.54, 1.807) is 12.2 Å². The van der Waals surface area contributed by atoms with Crippen molar-refractivity contribution < 1.29 is 9.18 Å². The standard InChI is InChI=1S/C13H12ClFN2O/c1-3-5-10(4-2)16-17-13(18)11-7-6-9(15)8-12(11)14/h3-8,16H,1-2H2,(H,17,18)/b10-5+. The lowest BCUT2D eigenvalue weighted by molar-refractivity contribution is 0.0939. The smallest absolute Gasteiger partial charge is 0.271 e. The first-order valence-corrected chi connectivity index (χ1v) is 5.43. The fraction of sp³-hybridized carbons (Fsp3) is 0. The number of hydrogen-bond acceptors (Lipinski definition) is 2. The topological polar surface area (TPSA) is 41.1 Å². The van der Waals surface area contributed by atoms with Gasteiger partial charge in [0.1, 0.15) is 5.82 Å². The van der Waals surface area contributed by atoms with Gasteiger partial charge in [-0.05, 0) is 30.4 Å². The van der Waals surface area contributed by atoms with Crippen LogP contribution in [0.4, 0.5) is 4.39 Å². The molecular weight excluding hydrogens is 255 g/mol. The number of halogens is 2. The first-order chi connectivity index (χ1) is 8.58. The lowest BCUT2D eigenvalue weighted by Gasteiger charge is -2.09. The SMILES string of the molecule is C=C/C=C(\C=C)NNC(=O)c1ccc(F)cc1Cl. The normalized spacial score (nSPS) is 10.7. The third-order valence-electron chi connectivity index (χ3n) is 2.01. The van der Waals surface area contributed by atoms with E-state index in [1.807, 2.05) is 0 Å². The van der Waals surface area contributed by atoms with Crippen molar-refractivity contribution in [3.05, 3.63) is 71.7 Å². The van der Waals surface area contributed by atoms with Crippen LogP contribution in [0.25, 0.3) is 0 Å². The first kappa shape index (κ1) is 14.0. The van der Waals surface area contributed by atoms with Crippen LogP contribution in [0.3, 0.4) is 0 Å². The molecule has 0 saturated heterocycles. The van der Waals surface area contributed by atoms with Crippen LogP contribution in [0, 0.1) is 5.82 Å². The average Bonchev–Trinajstić information content (AvgIpc) is 2.34. The number of hydrazine groups is 1. The number of amides is 1. The van der Waals surface area contributed by atoms with Gasteiger partial charge in [0.05, 0.1) is 16.3 Å². The van der Waals surface area contributed by atoms with E-state index in [1.165, 1.54) is 12.1 Å². The fourth-order valence-electron chi connectivity index (χ4n) is 1.16. The lowest BCUT2D eigenvalue weighted by Crippen LogP contribution is -2.36. The summed E-state index contributed by atoms with van der Waals surface area (Å²) in [5.41, 5.74) is 5.78. The molecule has 0 heterocycles. The van der Waals surface area contributed by atoms with Crippen molar-refractivity contribution >= 4 is 17.5 Å². The second kappa shape index (κ2) is 6.61. The molecule has 0 aliphatic rings. The van der Waals surface area contributed by atoms with E-state index in [4.69, 9.17) is 11.6 Å². The summed E-state index contributed by atoms with van der Waals surface area (Å²) in [5, 5.41) is 0.0437. The molecule has 1 rings (SSSR count). The van der Waals surface area contributed by atoms with Crippen LogP contribution < -0.4 is 10.9 Å². The zero-order chi connectivity index (χ0) is 13.5. The molecular formula is C13H12ClFN2O. The summed E-state index contributed by atoms with van der Waals surface area (Å²) >= 11 is 5.76. The van der Waals surface area contributed by atoms with Crippen LogP contribution in [-0.4, -0.2) is 5.91 Å². The number of carbonyl (C=O) groups excluding carboxylic acids is 1. The van der Waals surface area contributed by atoms with Crippen LogP contribution in [0.2, 0.25) is 5.02 Å². The Morgan fingerprint density at radius 2 is 2.06 bits per heavy atom. The van der Waals surface area contributed by atoms with E-state index in [9.17, 15) is 9.18 Å². The minimum Gasteiger partial charge on any atom is -0.298 e. The Kier molecular flexibility index (Phi) is 5.14. The minimum atomic E-state index is -0.497. The van der Waals surface area contributed by atoms with Gasteiger partial charge in [-0.3, -0.25) is 15.6 Å². The van der Waals surface area contributed by atoms with Gasteiger partial charge in [0.25, 0.3) is 5.91 Å². The van der Waals surface area contributed by atoms with Crippen molar-refractivity contribution in [1.29, 1.82) is 0 Å². The van der Waals surface area contributed by atoms with Crippen molar-refractivity contribution in [1.82, 2.24) is 10.9 Å². The maximum atomic E-state index is 12.8. The molecule has 0 saturated carbocycles. The molecule has 2 N–H and O–H groups in total. The molecule has 0 aliphatic carbocycles. The highest BCUT2D eigenvalue weighted by molar-refractivity contribution is 6.33. The van der Waals surface area contributed by atoms with Gasteiger partial charge in [-0.1, -0.05) is 30.8 Å². The Morgan fingerprint density at radius 1 is 1.33 bits per heavy atom. The summed E-state index contributed by atoms with van der Waals surface area (Å²) in [6.07, 6.45) is 4.68. The summed E-state index contributed by atoms with van der Waals surface area (Å²) in [6, 6.07) is 3.54. The van der Waals surface area contributed by atoms with E-state index in [2.05, 4.69) is 24.0 Å². The number of rotatable bonds is 5. The van der Waals surface area contributed by atoms with E-state index in [0.717, 1.165) is 12.1 Å². The van der Waals surface area contributed by atoms with E-state index in [0.29, 0.717) is 5.70 Å². The first-order valence-electron chi connectivity index (χ1n) is 5.05. The Hall–Kier alpha value is -2.07. The Morgan fingerprint density at radius 3 is 2.61 bits per heavy atom. The van der Waals surface area contributed by atoms with E-state index < -0.39 is 11.7 Å². The van der Waals surface area contributed by atoms with Crippen molar-refractivity contribution in [3.63, 3.8) is 0 Å². The Balaban J connectivity index is 2.74. The number of carbonyl (C=O) groups is 1. The zero-order valence-electron chi connectivity index (χ0n) is 9.54. The lowest BCUT2D eigenvalue weighted by atomic mass is 10.2. The maximum Gasteiger partial charge on any atom is 0.271 e. The van der Waals surface area contributed by atoms with Crippen molar-refractivity contribution in [2.24, 2.45) is 0 Å². The van der Waals surface area contributed by atoms with Gasteiger partial charge in [0.15, 0.2) is 0 Å². The number of benzene rings is 1. The van der Waals surface area contributed by atoms with Crippen molar-refractivity contribution in [2.45, 2.75) is 0 Å². The molecule has 18 heavy (non-hydrogen) atoms. The molecule has 0 bridgehead atoms. The highest BCUT2D eigenvalue weighted by Crippen LogP contribution is 2.16. The molecule has 0 aliphatic heterocycles. The highest BCUT2D eigenvalue weighted by Gasteiger charge is 2.10. The Labute approximate surface area is 110 Å². The summed E-state index contributed by atoms with van der Waals surface area (Å²) < 4.78 is 12.8. The number of nitrogens with one attached hydrogen (secondary N) is 2. The van der Waals surface area contributed by atoms with Crippen molar-refractivity contribution in [2.75, 3.05) is 0 Å². The second-order valence-electron chi connectivity index (χ2n) is 3.27. The summed E-state index contributed by atoms with van der Waals surface area (Å²) in [4.78, 5) is 11.7. The molecule has 0 aromatic heterocycles. The molecule has 0 atom stereocenters. The van der Waals surface area contributed by atoms with Gasteiger partial charge >= 0.3 is 0 Å². The predicted molar refractivity (Wildman–Crippen MR) is 70.5 cm³/mol. The third-order valence-corrected chi connectivity index (χ3v) is 2.33. The molecule has 94 valence electrons. The van der Waals surface area contributed by atoms with Crippen LogP contribution in [-0.2, 0) is 0 Å². The second-order valence-corrected chi connectivity index (χ2v) is 3.67. The van der Waals surface area contributed by atoms with Crippen LogP contribution in [0.1, 0.15) is 10.4 Å². The van der Waals surface area contributed by atoms with Gasteiger partial charge < -0.3 is 0 Å². The molecule has 0 fully saturated rings. The predicted octanol–water partition coefficient (Wildman–Crippen LogP) is 2.97. The van der Waals surface area contributed by atoms with Gasteiger partial charge in [-0.25, -0.2) is 4.39 Å². The molecule has 1 amide bonds. The highest BCUT2D eigenvalue weighted by atomic mass is 35.5. The fourth-order valence-corrected chi connectivity index (χ4v) is 1.41.